The van der Waals surface area contributed by atoms with E-state index in [2.05, 4.69) is 21.5 Å². The largest absolute Gasteiger partial charge is 0.255 e. The van der Waals surface area contributed by atoms with Crippen molar-refractivity contribution in [1.82, 2.24) is 9.34 Å². The molecule has 0 saturated heterocycles. The summed E-state index contributed by atoms with van der Waals surface area (Å²) in [6, 6.07) is 10.3. The van der Waals surface area contributed by atoms with Crippen LogP contribution in [0, 0.1) is 0 Å². The van der Waals surface area contributed by atoms with Gasteiger partial charge < -0.3 is 0 Å². The molecule has 14 heavy (non-hydrogen) atoms. The lowest BCUT2D eigenvalue weighted by molar-refractivity contribution is 0.560. The molecule has 2 N–H and O–H groups in total. The maximum absolute atomic E-state index is 6.47. The van der Waals surface area contributed by atoms with Gasteiger partial charge in [0, 0.05) is 28.2 Å². The zero-order chi connectivity index (χ0) is 10.8. The molecule has 3 nitrogen and oxygen atoms in total. The van der Waals surface area contributed by atoms with Gasteiger partial charge in [0.05, 0.1) is 0 Å². The zero-order valence-electron chi connectivity index (χ0n) is 9.31. The van der Waals surface area contributed by atoms with Crippen LogP contribution in [-0.4, -0.2) is 37.5 Å². The van der Waals surface area contributed by atoms with Crippen LogP contribution < -0.4 is 10.8 Å². The molecular weight excluding hydrogens is 193 g/mol. The summed E-state index contributed by atoms with van der Waals surface area (Å²) in [6.07, 6.45) is 0. The van der Waals surface area contributed by atoms with Crippen LogP contribution in [0.5, 0.6) is 0 Å². The van der Waals surface area contributed by atoms with Crippen molar-refractivity contribution >= 4 is 13.0 Å². The van der Waals surface area contributed by atoms with Gasteiger partial charge in [-0.25, -0.2) is 0 Å². The Labute approximate surface area is 87.0 Å². The standard InChI is InChI=1S/C10H19N3P/c1-12(2)14(11,13(3)4)10-8-6-5-7-9-10/h5-9H,11H2,1-4H3/q+1. The van der Waals surface area contributed by atoms with Crippen molar-refractivity contribution in [2.75, 3.05) is 28.2 Å². The summed E-state index contributed by atoms with van der Waals surface area (Å²) >= 11 is 0. The van der Waals surface area contributed by atoms with Crippen LogP contribution in [0.3, 0.4) is 0 Å². The fourth-order valence-electron chi connectivity index (χ4n) is 1.47. The van der Waals surface area contributed by atoms with Crippen molar-refractivity contribution < 1.29 is 0 Å². The minimum absolute atomic E-state index is 1.20. The Bertz CT molecular complexity index is 277. The number of benzene rings is 1. The van der Waals surface area contributed by atoms with Crippen LogP contribution in [0.4, 0.5) is 0 Å². The third-order valence-electron chi connectivity index (χ3n) is 2.36. The minimum Gasteiger partial charge on any atom is -0.169 e. The lowest BCUT2D eigenvalue weighted by atomic mass is 10.4. The summed E-state index contributed by atoms with van der Waals surface area (Å²) in [5.74, 6) is 0. The average Bonchev–Trinajstić information content (AvgIpc) is 2.17. The highest BCUT2D eigenvalue weighted by molar-refractivity contribution is 7.76. The van der Waals surface area contributed by atoms with Crippen molar-refractivity contribution in [3.8, 4) is 0 Å². The molecule has 1 rings (SSSR count). The molecule has 4 heteroatoms. The van der Waals surface area contributed by atoms with E-state index in [0.717, 1.165) is 0 Å². The van der Waals surface area contributed by atoms with E-state index in [4.69, 9.17) is 5.50 Å². The van der Waals surface area contributed by atoms with Crippen LogP contribution in [0.25, 0.3) is 0 Å². The highest BCUT2D eigenvalue weighted by Gasteiger charge is 2.42. The molecule has 1 aromatic rings. The van der Waals surface area contributed by atoms with Gasteiger partial charge in [0.15, 0.2) is 0 Å². The summed E-state index contributed by atoms with van der Waals surface area (Å²) in [7, 11) is 6.32. The number of rotatable bonds is 3. The molecule has 0 aliphatic rings. The second-order valence-electron chi connectivity index (χ2n) is 3.68. The predicted octanol–water partition coefficient (Wildman–Crippen LogP) is 1.16. The van der Waals surface area contributed by atoms with Crippen LogP contribution >= 0.6 is 7.71 Å². The molecule has 0 bridgehead atoms. The predicted molar refractivity (Wildman–Crippen MR) is 64.6 cm³/mol. The first kappa shape index (κ1) is 11.6. The monoisotopic (exact) mass is 212 g/mol. The summed E-state index contributed by atoms with van der Waals surface area (Å²) < 4.78 is 4.23. The van der Waals surface area contributed by atoms with Gasteiger partial charge in [-0.05, 0) is 12.1 Å². The molecule has 78 valence electrons. The maximum Gasteiger partial charge on any atom is 0.255 e. The second kappa shape index (κ2) is 4.37. The second-order valence-corrected chi connectivity index (χ2v) is 7.09. The average molecular weight is 212 g/mol. The molecule has 0 fully saturated rings. The number of hydrogen-bond donors (Lipinski definition) is 1. The van der Waals surface area contributed by atoms with Gasteiger partial charge in [0.2, 0.25) is 0 Å². The third-order valence-corrected chi connectivity index (χ3v) is 5.85. The Morgan fingerprint density at radius 1 is 0.929 bits per heavy atom. The summed E-state index contributed by atoms with van der Waals surface area (Å²) in [5, 5.41) is 1.20. The molecular formula is C10H19N3P+. The zero-order valence-corrected chi connectivity index (χ0v) is 10.2. The van der Waals surface area contributed by atoms with E-state index < -0.39 is 7.71 Å². The molecule has 0 atom stereocenters. The van der Waals surface area contributed by atoms with Crippen molar-refractivity contribution in [3.05, 3.63) is 30.3 Å². The summed E-state index contributed by atoms with van der Waals surface area (Å²) in [4.78, 5) is 0. The van der Waals surface area contributed by atoms with Crippen molar-refractivity contribution in [2.45, 2.75) is 0 Å². The lowest BCUT2D eigenvalue weighted by Gasteiger charge is -2.31. The highest BCUT2D eigenvalue weighted by atomic mass is 31.2. The molecule has 0 amide bonds. The van der Waals surface area contributed by atoms with E-state index in [9.17, 15) is 0 Å². The molecule has 0 heterocycles. The van der Waals surface area contributed by atoms with Crippen LogP contribution in [0.1, 0.15) is 0 Å². The first-order valence-electron chi connectivity index (χ1n) is 4.58. The van der Waals surface area contributed by atoms with Gasteiger partial charge in [-0.1, -0.05) is 18.2 Å². The SMILES string of the molecule is CN(C)[P+](N)(c1ccccc1)N(C)C. The Hall–Kier alpha value is -0.470. The Balaban J connectivity index is 3.13. The molecule has 0 unspecified atom stereocenters. The van der Waals surface area contributed by atoms with E-state index in [1.807, 2.05) is 46.4 Å². The van der Waals surface area contributed by atoms with Crippen molar-refractivity contribution in [1.29, 1.82) is 0 Å². The first-order valence-corrected chi connectivity index (χ1v) is 6.34. The first-order chi connectivity index (χ1) is 6.49. The summed E-state index contributed by atoms with van der Waals surface area (Å²) in [5.41, 5.74) is 6.47. The van der Waals surface area contributed by atoms with Crippen molar-refractivity contribution in [2.24, 2.45) is 5.50 Å². The fraction of sp³-hybridized carbons (Fsp3) is 0.400. The van der Waals surface area contributed by atoms with Crippen molar-refractivity contribution in [3.63, 3.8) is 0 Å². The lowest BCUT2D eigenvalue weighted by Crippen LogP contribution is -2.39. The quantitative estimate of drug-likeness (QED) is 0.763. The van der Waals surface area contributed by atoms with Gasteiger partial charge in [0.1, 0.15) is 5.30 Å². The highest BCUT2D eigenvalue weighted by Crippen LogP contribution is 2.52. The molecule has 0 spiro atoms. The van der Waals surface area contributed by atoms with Crippen LogP contribution in [0.2, 0.25) is 0 Å². The van der Waals surface area contributed by atoms with Gasteiger partial charge in [-0.15, -0.1) is 0 Å². The van der Waals surface area contributed by atoms with E-state index in [0.29, 0.717) is 0 Å². The Morgan fingerprint density at radius 2 is 1.36 bits per heavy atom. The molecule has 0 aromatic heterocycles. The van der Waals surface area contributed by atoms with Gasteiger partial charge in [-0.2, -0.15) is 14.8 Å². The smallest absolute Gasteiger partial charge is 0.169 e. The summed E-state index contributed by atoms with van der Waals surface area (Å²) in [6.45, 7) is 0. The fourth-order valence-corrected chi connectivity index (χ4v) is 3.72. The van der Waals surface area contributed by atoms with Gasteiger partial charge in [0.25, 0.3) is 7.71 Å². The number of hydrogen-bond acceptors (Lipinski definition) is 3. The number of nitrogens with zero attached hydrogens (tertiary/aromatic N) is 2. The third kappa shape index (κ3) is 1.96. The van der Waals surface area contributed by atoms with E-state index in [1.165, 1.54) is 5.30 Å². The normalized spacial score (nSPS) is 12.5. The Kier molecular flexibility index (Phi) is 3.62. The van der Waals surface area contributed by atoms with E-state index in [-0.39, 0.29) is 0 Å². The van der Waals surface area contributed by atoms with E-state index >= 15 is 0 Å². The maximum atomic E-state index is 6.47. The van der Waals surface area contributed by atoms with Crippen LogP contribution in [0.15, 0.2) is 30.3 Å². The minimum atomic E-state index is -1.80. The van der Waals surface area contributed by atoms with Gasteiger partial charge in [-0.3, -0.25) is 0 Å². The Morgan fingerprint density at radius 3 is 1.71 bits per heavy atom. The molecule has 1 aromatic carbocycles. The molecule has 0 saturated carbocycles. The topological polar surface area (TPSA) is 32.5 Å². The van der Waals surface area contributed by atoms with Crippen LogP contribution in [-0.2, 0) is 0 Å². The molecule has 0 radical (unpaired) electrons. The number of nitrogens with two attached hydrogens (primary N) is 1. The molecule has 0 aliphatic heterocycles. The van der Waals surface area contributed by atoms with Gasteiger partial charge >= 0.3 is 0 Å². The van der Waals surface area contributed by atoms with E-state index in [1.54, 1.807) is 0 Å². The molecule has 0 aliphatic carbocycles.